The Morgan fingerprint density at radius 2 is 0.808 bits per heavy atom. The van der Waals surface area contributed by atoms with Crippen LogP contribution in [0.4, 0.5) is 55.1 Å². The third-order valence-corrected chi connectivity index (χ3v) is 23.7. The molecule has 22 nitrogen and oxygen atoms in total. The SMILES string of the molecule is CC1Cc2[nH]nc(C3CCCC3)c2CN1C(=O)Nc1ccc(F)c(Br)c1.CC1Cc2[nH]nc(C3CCCC3)c2CN1C(=O)Nc1ccc(F)c(C#N)c1.CC1Cc2[nH]nc(C3CCCC3)c2CN1C(=O)Nc1cccc(Br)c1.CC1Cc2[nH]nc(C3CCCC3)c2CN1C(=O)Nc1ccnc(Br)c1F. The maximum Gasteiger partial charge on any atom is 0.322 e. The van der Waals surface area contributed by atoms with Crippen molar-refractivity contribution >= 4 is 94.7 Å². The molecule has 548 valence electrons. The number of nitriles is 1. The first-order chi connectivity index (χ1) is 50.2. The van der Waals surface area contributed by atoms with Crippen LogP contribution in [-0.4, -0.2) is 114 Å². The molecule has 4 atom stereocenters. The normalized spacial score (nSPS) is 20.2. The summed E-state index contributed by atoms with van der Waals surface area (Å²) in [5, 5.41) is 51.4. The number of benzene rings is 3. The third-order valence-electron chi connectivity index (χ3n) is 22.1. The van der Waals surface area contributed by atoms with Crippen molar-refractivity contribution < 1.29 is 32.3 Å². The van der Waals surface area contributed by atoms with Gasteiger partial charge in [-0.15, -0.1) is 0 Å². The smallest absolute Gasteiger partial charge is 0.317 e. The molecule has 5 aromatic heterocycles. The maximum atomic E-state index is 14.1. The second kappa shape index (κ2) is 32.9. The predicted molar refractivity (Wildman–Crippen MR) is 401 cm³/mol. The molecule has 0 radical (unpaired) electrons. The Hall–Kier alpha value is -8.55. The number of nitrogens with one attached hydrogen (secondary N) is 8. The molecule has 4 aliphatic heterocycles. The summed E-state index contributed by atoms with van der Waals surface area (Å²) in [6.45, 7) is 10.3. The number of pyridine rings is 1. The highest BCUT2D eigenvalue weighted by atomic mass is 79.9. The fraction of sp³-hybridized carbons (Fsp3) is 0.474. The lowest BCUT2D eigenvalue weighted by Crippen LogP contribution is -2.45. The van der Waals surface area contributed by atoms with E-state index in [1.165, 1.54) is 136 Å². The van der Waals surface area contributed by atoms with Gasteiger partial charge in [-0.25, -0.2) is 37.3 Å². The minimum Gasteiger partial charge on any atom is -0.317 e. The van der Waals surface area contributed by atoms with E-state index in [0.717, 1.165) is 107 Å². The van der Waals surface area contributed by atoms with Crippen LogP contribution in [0.1, 0.15) is 227 Å². The summed E-state index contributed by atoms with van der Waals surface area (Å²) in [4.78, 5) is 62.4. The molecular weight excluding hydrogens is 1530 g/mol. The van der Waals surface area contributed by atoms with Gasteiger partial charge >= 0.3 is 24.1 Å². The summed E-state index contributed by atoms with van der Waals surface area (Å²) in [5.41, 5.74) is 15.7. The second-order valence-corrected chi connectivity index (χ2v) is 31.6. The lowest BCUT2D eigenvalue weighted by Gasteiger charge is -2.33. The van der Waals surface area contributed by atoms with Gasteiger partial charge in [0, 0.05) is 146 Å². The first-order valence-electron chi connectivity index (χ1n) is 36.5. The Balaban J connectivity index is 0.000000123. The highest BCUT2D eigenvalue weighted by molar-refractivity contribution is 9.11. The van der Waals surface area contributed by atoms with Gasteiger partial charge in [0.25, 0.3) is 0 Å². The molecule has 8 amide bonds. The molecule has 0 saturated heterocycles. The number of aromatic amines is 4. The molecule has 16 rings (SSSR count). The van der Waals surface area contributed by atoms with E-state index in [-0.39, 0.29) is 70.0 Å². The van der Waals surface area contributed by atoms with Gasteiger partial charge in [-0.05, 0) is 172 Å². The molecule has 4 unspecified atom stereocenters. The number of amides is 8. The maximum absolute atomic E-state index is 14.1. The zero-order chi connectivity index (χ0) is 72.9. The van der Waals surface area contributed by atoms with Gasteiger partial charge in [-0.3, -0.25) is 20.4 Å². The number of hydrogen-bond donors (Lipinski definition) is 8. The highest BCUT2D eigenvalue weighted by Gasteiger charge is 2.38. The second-order valence-electron chi connectivity index (χ2n) is 29.0. The van der Waals surface area contributed by atoms with Gasteiger partial charge in [0.2, 0.25) is 0 Å². The number of rotatable bonds is 8. The lowest BCUT2D eigenvalue weighted by atomic mass is 9.93. The zero-order valence-corrected chi connectivity index (χ0v) is 63.6. The number of anilines is 4. The molecule has 28 heteroatoms. The number of fused-ring (bicyclic) bond motifs is 4. The zero-order valence-electron chi connectivity index (χ0n) is 58.9. The summed E-state index contributed by atoms with van der Waals surface area (Å²) in [6, 6.07) is 18.9. The summed E-state index contributed by atoms with van der Waals surface area (Å²) < 4.78 is 42.4. The molecule has 0 spiro atoms. The molecule has 8 N–H and O–H groups in total. The quantitative estimate of drug-likeness (QED) is 0.0666. The first-order valence-corrected chi connectivity index (χ1v) is 38.9. The van der Waals surface area contributed by atoms with E-state index in [9.17, 15) is 32.3 Å². The van der Waals surface area contributed by atoms with Crippen LogP contribution in [0.5, 0.6) is 0 Å². The van der Waals surface area contributed by atoms with E-state index in [2.05, 4.69) is 122 Å². The van der Waals surface area contributed by atoms with Gasteiger partial charge in [-0.2, -0.15) is 25.7 Å². The summed E-state index contributed by atoms with van der Waals surface area (Å²) in [6.07, 6.45) is 24.0. The molecule has 8 aromatic rings. The standard InChI is InChI=1S/C20H22FN5O.C19H22BrFN4O.C19H23BrN4O.C18H21BrFN5O/c1-12-8-18-16(19(25-24-18)13-4-2-3-5-13)11-26(12)20(27)23-15-6-7-17(21)14(9-15)10-22;1-11-8-17-14(18(24-23-17)12-4-2-3-5-12)10-25(11)19(26)22-13-6-7-16(21)15(20)9-13;1-12-9-17-16(18(23-22-17)13-5-2-3-6-13)11-24(12)19(25)21-15-8-4-7-14(20)10-15;1-10-8-14-12(16(24-23-14)11-4-2-3-5-11)9-25(10)18(26)22-13-6-7-21-17(19)15(13)20/h6-7,9,12-13H,2-5,8,11H2,1H3,(H,23,27)(H,24,25);6-7,9,11-12H,2-5,8,10H2,1H3,(H,22,26)(H,23,24);4,7-8,10,12-13H,2-3,5-6,9,11H2,1H3,(H,21,25)(H,22,23);6-7,10-11H,2-5,8-9H2,1H3,(H,23,24)(H,21,22,26). The Morgan fingerprint density at radius 1 is 0.462 bits per heavy atom. The van der Waals surface area contributed by atoms with E-state index in [1.807, 2.05) is 54.8 Å². The fourth-order valence-electron chi connectivity index (χ4n) is 16.3. The molecule has 3 aromatic carbocycles. The van der Waals surface area contributed by atoms with Crippen molar-refractivity contribution in [2.24, 2.45) is 0 Å². The molecule has 8 aliphatic rings. The van der Waals surface area contributed by atoms with E-state index in [1.54, 1.807) is 28.0 Å². The van der Waals surface area contributed by atoms with Crippen LogP contribution in [0.3, 0.4) is 0 Å². The minimum absolute atomic E-state index is 0.00715. The van der Waals surface area contributed by atoms with E-state index in [4.69, 9.17) is 5.26 Å². The third kappa shape index (κ3) is 16.6. The largest absolute Gasteiger partial charge is 0.322 e. The molecule has 4 saturated carbocycles. The van der Waals surface area contributed by atoms with Crippen LogP contribution in [-0.2, 0) is 51.9 Å². The average Bonchev–Trinajstić information content (AvgIpc) is 1.64. The molecule has 104 heavy (non-hydrogen) atoms. The summed E-state index contributed by atoms with van der Waals surface area (Å²) in [7, 11) is 0. The van der Waals surface area contributed by atoms with Crippen molar-refractivity contribution in [1.82, 2.24) is 65.4 Å². The average molecular weight is 1610 g/mol. The van der Waals surface area contributed by atoms with Crippen molar-refractivity contribution in [3.05, 3.63) is 177 Å². The number of carbonyl (C=O) groups excluding carboxylic acids is 4. The topological polar surface area (TPSA) is 281 Å². The van der Waals surface area contributed by atoms with Crippen molar-refractivity contribution in [2.75, 3.05) is 21.3 Å². The number of H-pyrrole nitrogens is 4. The highest BCUT2D eigenvalue weighted by Crippen LogP contribution is 2.43. The molecule has 4 aliphatic carbocycles. The minimum atomic E-state index is -0.592. The van der Waals surface area contributed by atoms with Crippen molar-refractivity contribution in [3.8, 4) is 6.07 Å². The van der Waals surface area contributed by atoms with Gasteiger partial charge in [0.15, 0.2) is 5.82 Å². The van der Waals surface area contributed by atoms with Crippen LogP contribution < -0.4 is 21.3 Å². The molecular formula is C76H88Br3F3N18O4. The fourth-order valence-corrected chi connectivity index (χ4v) is 17.4. The lowest BCUT2D eigenvalue weighted by molar-refractivity contribution is 0.181. The van der Waals surface area contributed by atoms with E-state index in [0.29, 0.717) is 65.7 Å². The van der Waals surface area contributed by atoms with E-state index < -0.39 is 11.6 Å². The molecule has 4 fully saturated rings. The molecule has 0 bridgehead atoms. The van der Waals surface area contributed by atoms with Crippen LogP contribution >= 0.6 is 47.8 Å². The van der Waals surface area contributed by atoms with Crippen molar-refractivity contribution in [1.29, 1.82) is 5.26 Å². The number of halogens is 6. The van der Waals surface area contributed by atoms with Gasteiger partial charge in [0.1, 0.15) is 22.3 Å². The van der Waals surface area contributed by atoms with Crippen LogP contribution in [0, 0.1) is 28.8 Å². The summed E-state index contributed by atoms with van der Waals surface area (Å²) in [5.74, 6) is 0.538. The Kier molecular flexibility index (Phi) is 23.3. The van der Waals surface area contributed by atoms with Gasteiger partial charge in [0.05, 0.1) is 64.7 Å². The number of aromatic nitrogens is 9. The van der Waals surface area contributed by atoms with Crippen LogP contribution in [0.2, 0.25) is 0 Å². The number of carbonyl (C=O) groups is 4. The monoisotopic (exact) mass is 1610 g/mol. The van der Waals surface area contributed by atoms with Crippen LogP contribution in [0.25, 0.3) is 0 Å². The van der Waals surface area contributed by atoms with Crippen molar-refractivity contribution in [3.63, 3.8) is 0 Å². The van der Waals surface area contributed by atoms with Gasteiger partial charge in [-0.1, -0.05) is 73.4 Å². The predicted octanol–water partition coefficient (Wildman–Crippen LogP) is 18.2. The Labute approximate surface area is 628 Å². The Bertz CT molecular complexity index is 4470. The number of urea groups is 4. The van der Waals surface area contributed by atoms with Gasteiger partial charge < -0.3 is 40.9 Å². The Morgan fingerprint density at radius 3 is 1.16 bits per heavy atom. The molecule has 9 heterocycles. The first kappa shape index (κ1) is 73.8. The van der Waals surface area contributed by atoms with E-state index >= 15 is 0 Å². The van der Waals surface area contributed by atoms with Crippen LogP contribution in [0.15, 0.2) is 86.5 Å². The summed E-state index contributed by atoms with van der Waals surface area (Å²) >= 11 is 9.64. The number of hydrogen-bond acceptors (Lipinski definition) is 10. The van der Waals surface area contributed by atoms with Crippen molar-refractivity contribution in [2.45, 2.75) is 230 Å². The number of nitrogens with zero attached hydrogens (tertiary/aromatic N) is 10.